The van der Waals surface area contributed by atoms with Crippen LogP contribution in [0.2, 0.25) is 0 Å². The first kappa shape index (κ1) is 15.5. The third-order valence-electron chi connectivity index (χ3n) is 3.78. The number of fused-ring (bicyclic) bond motifs is 1. The molecular formula is C17H25N3O. The van der Waals surface area contributed by atoms with Crippen molar-refractivity contribution in [3.8, 4) is 0 Å². The Kier molecular flexibility index (Phi) is 5.78. The largest absolute Gasteiger partial charge is 0.356 e. The van der Waals surface area contributed by atoms with Gasteiger partial charge in [0.2, 0.25) is 5.91 Å². The Morgan fingerprint density at radius 1 is 1.33 bits per heavy atom. The maximum absolute atomic E-state index is 11.7. The molecule has 1 aromatic carbocycles. The van der Waals surface area contributed by atoms with E-state index in [1.807, 2.05) is 19.1 Å². The van der Waals surface area contributed by atoms with Crippen LogP contribution in [0.5, 0.6) is 0 Å². The number of carbonyl (C=O) groups excluding carboxylic acids is 1. The molecule has 0 atom stereocenters. The fourth-order valence-electron chi connectivity index (χ4n) is 2.48. The molecule has 1 heterocycles. The number of amidine groups is 1. The average molecular weight is 287 g/mol. The van der Waals surface area contributed by atoms with Gasteiger partial charge in [-0.15, -0.1) is 0 Å². The van der Waals surface area contributed by atoms with E-state index in [0.29, 0.717) is 6.42 Å². The minimum atomic E-state index is 0.162. The lowest BCUT2D eigenvalue weighted by molar-refractivity contribution is -0.121. The van der Waals surface area contributed by atoms with Gasteiger partial charge in [-0.05, 0) is 31.4 Å². The number of carbonyl (C=O) groups is 1. The van der Waals surface area contributed by atoms with E-state index in [0.717, 1.165) is 50.4 Å². The highest BCUT2D eigenvalue weighted by molar-refractivity contribution is 5.84. The van der Waals surface area contributed by atoms with E-state index in [1.54, 1.807) is 0 Å². The molecule has 114 valence electrons. The molecule has 0 saturated carbocycles. The van der Waals surface area contributed by atoms with Crippen LogP contribution >= 0.6 is 0 Å². The van der Waals surface area contributed by atoms with E-state index in [4.69, 9.17) is 0 Å². The quantitative estimate of drug-likeness (QED) is 0.782. The molecule has 0 aliphatic carbocycles. The average Bonchev–Trinajstić information content (AvgIpc) is 2.48. The molecule has 0 saturated heterocycles. The van der Waals surface area contributed by atoms with E-state index >= 15 is 0 Å². The monoisotopic (exact) mass is 287 g/mol. The molecule has 0 fully saturated rings. The minimum absolute atomic E-state index is 0.162. The Hall–Kier alpha value is -1.84. The fraction of sp³-hybridized carbons (Fsp3) is 0.529. The first-order chi connectivity index (χ1) is 10.2. The predicted octanol–water partition coefficient (Wildman–Crippen LogP) is 3.25. The maximum atomic E-state index is 11.7. The van der Waals surface area contributed by atoms with Crippen molar-refractivity contribution in [3.63, 3.8) is 0 Å². The molecule has 0 spiro atoms. The van der Waals surface area contributed by atoms with Crippen LogP contribution in [-0.4, -0.2) is 29.7 Å². The lowest BCUT2D eigenvalue weighted by Gasteiger charge is -2.28. The molecule has 4 nitrogen and oxygen atoms in total. The minimum Gasteiger partial charge on any atom is -0.356 e. The summed E-state index contributed by atoms with van der Waals surface area (Å²) < 4.78 is 0. The highest BCUT2D eigenvalue weighted by Gasteiger charge is 2.16. The topological polar surface area (TPSA) is 44.7 Å². The van der Waals surface area contributed by atoms with Gasteiger partial charge >= 0.3 is 0 Å². The van der Waals surface area contributed by atoms with Crippen molar-refractivity contribution in [2.45, 2.75) is 46.1 Å². The summed E-state index contributed by atoms with van der Waals surface area (Å²) in [5.41, 5.74) is 2.33. The van der Waals surface area contributed by atoms with Gasteiger partial charge < -0.3 is 10.2 Å². The summed E-state index contributed by atoms with van der Waals surface area (Å²) in [5.74, 6) is 1.20. The van der Waals surface area contributed by atoms with Crippen molar-refractivity contribution >= 4 is 17.4 Å². The van der Waals surface area contributed by atoms with E-state index in [9.17, 15) is 4.79 Å². The van der Waals surface area contributed by atoms with E-state index in [1.165, 1.54) is 5.56 Å². The van der Waals surface area contributed by atoms with Crippen LogP contribution in [0.3, 0.4) is 0 Å². The number of rotatable bonds is 7. The molecule has 0 radical (unpaired) electrons. The molecule has 1 amide bonds. The molecule has 0 unspecified atom stereocenters. The fourth-order valence-corrected chi connectivity index (χ4v) is 2.48. The van der Waals surface area contributed by atoms with Crippen molar-refractivity contribution < 1.29 is 4.79 Å². The van der Waals surface area contributed by atoms with E-state index in [-0.39, 0.29) is 5.91 Å². The van der Waals surface area contributed by atoms with Crippen LogP contribution in [0.4, 0.5) is 5.69 Å². The van der Waals surface area contributed by atoms with Crippen LogP contribution in [-0.2, 0) is 11.3 Å². The molecule has 1 N–H and O–H groups in total. The molecule has 1 aliphatic rings. The number of benzene rings is 1. The second kappa shape index (κ2) is 7.81. The Balaban J connectivity index is 1.76. The summed E-state index contributed by atoms with van der Waals surface area (Å²) in [7, 11) is 0. The Morgan fingerprint density at radius 3 is 2.95 bits per heavy atom. The van der Waals surface area contributed by atoms with Gasteiger partial charge in [0.25, 0.3) is 0 Å². The summed E-state index contributed by atoms with van der Waals surface area (Å²) in [6, 6.07) is 8.24. The second-order valence-electron chi connectivity index (χ2n) is 5.52. The smallest absolute Gasteiger partial charge is 0.220 e. The first-order valence-electron chi connectivity index (χ1n) is 7.85. The van der Waals surface area contributed by atoms with Crippen LogP contribution in [0.25, 0.3) is 0 Å². The molecule has 21 heavy (non-hydrogen) atoms. The van der Waals surface area contributed by atoms with Gasteiger partial charge in [-0.3, -0.25) is 4.79 Å². The SMILES string of the molecule is CCCCNC(=O)CCCN1Cc2ccccc2N=C1C. The number of nitrogens with zero attached hydrogens (tertiary/aromatic N) is 2. The number of para-hydroxylation sites is 1. The zero-order valence-electron chi connectivity index (χ0n) is 13.1. The first-order valence-corrected chi connectivity index (χ1v) is 7.85. The highest BCUT2D eigenvalue weighted by Crippen LogP contribution is 2.25. The molecule has 4 heteroatoms. The van der Waals surface area contributed by atoms with Gasteiger partial charge in [0.1, 0.15) is 5.84 Å². The summed E-state index contributed by atoms with van der Waals surface area (Å²) in [4.78, 5) is 18.6. The maximum Gasteiger partial charge on any atom is 0.220 e. The number of nitrogens with one attached hydrogen (secondary N) is 1. The van der Waals surface area contributed by atoms with Crippen LogP contribution < -0.4 is 5.32 Å². The van der Waals surface area contributed by atoms with Crippen LogP contribution in [0, 0.1) is 0 Å². The third-order valence-corrected chi connectivity index (χ3v) is 3.78. The summed E-state index contributed by atoms with van der Waals surface area (Å²) >= 11 is 0. The van der Waals surface area contributed by atoms with Crippen LogP contribution in [0.15, 0.2) is 29.3 Å². The summed E-state index contributed by atoms with van der Waals surface area (Å²) in [6.07, 6.45) is 3.63. The number of amides is 1. The van der Waals surface area contributed by atoms with Gasteiger partial charge in [-0.2, -0.15) is 0 Å². The van der Waals surface area contributed by atoms with Crippen molar-refractivity contribution in [1.29, 1.82) is 0 Å². The molecule has 0 aromatic heterocycles. The number of aliphatic imine (C=N–C) groups is 1. The van der Waals surface area contributed by atoms with E-state index < -0.39 is 0 Å². The normalized spacial score (nSPS) is 13.6. The lowest BCUT2D eigenvalue weighted by Crippen LogP contribution is -2.32. The Bertz CT molecular complexity index is 511. The molecular weight excluding hydrogens is 262 g/mol. The Labute approximate surface area is 127 Å². The number of hydrogen-bond donors (Lipinski definition) is 1. The van der Waals surface area contributed by atoms with Gasteiger partial charge in [-0.1, -0.05) is 31.5 Å². The van der Waals surface area contributed by atoms with Crippen molar-refractivity contribution in [3.05, 3.63) is 29.8 Å². The van der Waals surface area contributed by atoms with Gasteiger partial charge in [0.05, 0.1) is 5.69 Å². The molecule has 1 aliphatic heterocycles. The Morgan fingerprint density at radius 2 is 2.14 bits per heavy atom. The summed E-state index contributed by atoms with van der Waals surface area (Å²) in [5, 5.41) is 2.96. The van der Waals surface area contributed by atoms with Gasteiger partial charge in [0.15, 0.2) is 0 Å². The van der Waals surface area contributed by atoms with Crippen LogP contribution in [0.1, 0.15) is 45.1 Å². The second-order valence-corrected chi connectivity index (χ2v) is 5.52. The van der Waals surface area contributed by atoms with Crippen molar-refractivity contribution in [1.82, 2.24) is 10.2 Å². The number of unbranched alkanes of at least 4 members (excludes halogenated alkanes) is 1. The zero-order chi connectivity index (χ0) is 15.1. The third kappa shape index (κ3) is 4.59. The predicted molar refractivity (Wildman–Crippen MR) is 86.8 cm³/mol. The zero-order valence-corrected chi connectivity index (χ0v) is 13.1. The van der Waals surface area contributed by atoms with Crippen molar-refractivity contribution in [2.24, 2.45) is 4.99 Å². The lowest BCUT2D eigenvalue weighted by atomic mass is 10.1. The standard InChI is InChI=1S/C17H25N3O/c1-3-4-11-18-17(21)10-7-12-20-13-15-8-5-6-9-16(15)19-14(20)2/h5-6,8-9H,3-4,7,10-13H2,1-2H3,(H,18,21). The highest BCUT2D eigenvalue weighted by atomic mass is 16.1. The number of hydrogen-bond acceptors (Lipinski definition) is 3. The van der Waals surface area contributed by atoms with E-state index in [2.05, 4.69) is 34.3 Å². The van der Waals surface area contributed by atoms with Gasteiger partial charge in [-0.25, -0.2) is 4.99 Å². The molecule has 1 aromatic rings. The molecule has 0 bridgehead atoms. The summed E-state index contributed by atoms with van der Waals surface area (Å²) in [6.45, 7) is 6.74. The van der Waals surface area contributed by atoms with Gasteiger partial charge in [0, 0.05) is 26.1 Å². The molecule has 2 rings (SSSR count). The van der Waals surface area contributed by atoms with Crippen molar-refractivity contribution in [2.75, 3.05) is 13.1 Å².